The number of nitrogens with zero attached hydrogens (tertiary/aromatic N) is 2. The number of fused-ring (bicyclic) bond motifs is 2. The van der Waals surface area contributed by atoms with E-state index in [1.165, 1.54) is 49.6 Å². The molecule has 166 valence electrons. The number of ether oxygens (including phenoxy) is 2. The first-order valence-electron chi connectivity index (χ1n) is 9.73. The molecule has 10 heteroatoms. The van der Waals surface area contributed by atoms with Crippen molar-refractivity contribution in [2.75, 3.05) is 13.7 Å². The SMILES string of the molecule is C=CCN1C(=O)c2ccc(C(=O)OCc3nc4cc(C(=O)OC)ccc4c(=O)[nH]3)cc2C1=O. The fourth-order valence-electron chi connectivity index (χ4n) is 3.43. The van der Waals surface area contributed by atoms with Gasteiger partial charge >= 0.3 is 11.9 Å². The molecule has 0 saturated heterocycles. The molecular formula is C23H17N3O7. The topological polar surface area (TPSA) is 136 Å². The fourth-order valence-corrected chi connectivity index (χ4v) is 3.43. The van der Waals surface area contributed by atoms with Gasteiger partial charge in [-0.2, -0.15) is 0 Å². The number of benzene rings is 2. The van der Waals surface area contributed by atoms with Crippen LogP contribution in [0.4, 0.5) is 0 Å². The minimum Gasteiger partial charge on any atom is -0.465 e. The van der Waals surface area contributed by atoms with Gasteiger partial charge in [-0.1, -0.05) is 6.08 Å². The highest BCUT2D eigenvalue weighted by Crippen LogP contribution is 2.24. The van der Waals surface area contributed by atoms with Gasteiger partial charge in [0.1, 0.15) is 12.4 Å². The number of nitrogens with one attached hydrogen (secondary N) is 1. The molecule has 0 fully saturated rings. The third-order valence-corrected chi connectivity index (χ3v) is 5.03. The molecule has 0 bridgehead atoms. The van der Waals surface area contributed by atoms with Crippen LogP contribution in [0.1, 0.15) is 47.3 Å². The van der Waals surface area contributed by atoms with Gasteiger partial charge in [0.2, 0.25) is 0 Å². The predicted molar refractivity (Wildman–Crippen MR) is 115 cm³/mol. The molecule has 2 heterocycles. The monoisotopic (exact) mass is 447 g/mol. The molecule has 0 unspecified atom stereocenters. The Morgan fingerprint density at radius 3 is 2.45 bits per heavy atom. The van der Waals surface area contributed by atoms with Gasteiger partial charge in [0, 0.05) is 6.54 Å². The number of imide groups is 1. The van der Waals surface area contributed by atoms with Gasteiger partial charge < -0.3 is 14.5 Å². The standard InChI is InChI=1S/C23H17N3O7/c1-3-8-26-20(28)14-6-4-12(9-16(14)21(26)29)23(31)33-11-18-24-17-10-13(22(30)32-2)5-7-15(17)19(27)25-18/h3-7,9-10H,1,8,11H2,2H3,(H,24,25,27). The van der Waals surface area contributed by atoms with Crippen molar-refractivity contribution in [2.24, 2.45) is 0 Å². The molecule has 33 heavy (non-hydrogen) atoms. The van der Waals surface area contributed by atoms with E-state index < -0.39 is 29.3 Å². The van der Waals surface area contributed by atoms with Crippen molar-refractivity contribution in [3.05, 3.63) is 87.5 Å². The van der Waals surface area contributed by atoms with Crippen LogP contribution in [0.3, 0.4) is 0 Å². The zero-order valence-electron chi connectivity index (χ0n) is 17.4. The molecule has 1 aliphatic heterocycles. The molecule has 2 amide bonds. The van der Waals surface area contributed by atoms with E-state index >= 15 is 0 Å². The fraction of sp³-hybridized carbons (Fsp3) is 0.130. The van der Waals surface area contributed by atoms with Crippen LogP contribution < -0.4 is 5.56 Å². The predicted octanol–water partition coefficient (Wildman–Crippen LogP) is 1.85. The van der Waals surface area contributed by atoms with Gasteiger partial charge in [0.25, 0.3) is 17.4 Å². The van der Waals surface area contributed by atoms with E-state index in [0.717, 1.165) is 4.90 Å². The van der Waals surface area contributed by atoms with Crippen molar-refractivity contribution in [1.29, 1.82) is 0 Å². The van der Waals surface area contributed by atoms with Gasteiger partial charge in [-0.05, 0) is 36.4 Å². The molecule has 1 aliphatic rings. The Hall–Kier alpha value is -4.60. The second kappa shape index (κ2) is 8.50. The summed E-state index contributed by atoms with van der Waals surface area (Å²) in [5, 5.41) is 0.253. The van der Waals surface area contributed by atoms with Crippen molar-refractivity contribution >= 4 is 34.7 Å². The maximum absolute atomic E-state index is 12.5. The van der Waals surface area contributed by atoms with E-state index in [9.17, 15) is 24.0 Å². The first kappa shape index (κ1) is 21.6. The lowest BCUT2D eigenvalue weighted by Gasteiger charge is -2.09. The van der Waals surface area contributed by atoms with Crippen LogP contribution in [0.15, 0.2) is 53.8 Å². The van der Waals surface area contributed by atoms with Crippen LogP contribution in [0.2, 0.25) is 0 Å². The Kier molecular flexibility index (Phi) is 5.57. The molecule has 0 saturated carbocycles. The van der Waals surface area contributed by atoms with Gasteiger partial charge in [-0.3, -0.25) is 19.3 Å². The largest absolute Gasteiger partial charge is 0.465 e. The van der Waals surface area contributed by atoms with Crippen molar-refractivity contribution < 1.29 is 28.7 Å². The van der Waals surface area contributed by atoms with Crippen molar-refractivity contribution in [2.45, 2.75) is 6.61 Å². The molecule has 1 aromatic heterocycles. The third kappa shape index (κ3) is 3.89. The van der Waals surface area contributed by atoms with Crippen molar-refractivity contribution in [3.63, 3.8) is 0 Å². The quantitative estimate of drug-likeness (QED) is 0.344. The molecule has 3 aromatic rings. The average Bonchev–Trinajstić information content (AvgIpc) is 3.06. The lowest BCUT2D eigenvalue weighted by atomic mass is 10.1. The van der Waals surface area contributed by atoms with Crippen LogP contribution >= 0.6 is 0 Å². The Labute approximate surface area is 186 Å². The summed E-state index contributed by atoms with van der Waals surface area (Å²) in [6.45, 7) is 3.22. The summed E-state index contributed by atoms with van der Waals surface area (Å²) in [5.41, 5.74) is 0.340. The van der Waals surface area contributed by atoms with Crippen LogP contribution in [0.5, 0.6) is 0 Å². The maximum Gasteiger partial charge on any atom is 0.338 e. The Morgan fingerprint density at radius 2 is 1.73 bits per heavy atom. The number of rotatable bonds is 6. The van der Waals surface area contributed by atoms with Gasteiger partial charge in [0.15, 0.2) is 0 Å². The van der Waals surface area contributed by atoms with Gasteiger partial charge in [0.05, 0.1) is 40.3 Å². The number of esters is 2. The number of carbonyl (C=O) groups excluding carboxylic acids is 4. The lowest BCUT2D eigenvalue weighted by molar-refractivity contribution is 0.0461. The lowest BCUT2D eigenvalue weighted by Crippen LogP contribution is -2.29. The minimum absolute atomic E-state index is 0.0603. The number of amides is 2. The molecule has 1 N–H and O–H groups in total. The summed E-state index contributed by atoms with van der Waals surface area (Å²) in [5.74, 6) is -2.27. The number of carbonyl (C=O) groups is 4. The molecule has 0 radical (unpaired) electrons. The Bertz CT molecular complexity index is 1410. The minimum atomic E-state index is -0.772. The Balaban J connectivity index is 1.54. The molecular weight excluding hydrogens is 430 g/mol. The van der Waals surface area contributed by atoms with E-state index in [4.69, 9.17) is 4.74 Å². The number of hydrogen-bond acceptors (Lipinski definition) is 8. The highest BCUT2D eigenvalue weighted by atomic mass is 16.5. The third-order valence-electron chi connectivity index (χ3n) is 5.03. The second-order valence-corrected chi connectivity index (χ2v) is 7.08. The number of hydrogen-bond donors (Lipinski definition) is 1. The van der Waals surface area contributed by atoms with Crippen molar-refractivity contribution in [1.82, 2.24) is 14.9 Å². The number of aromatic amines is 1. The zero-order chi connectivity index (χ0) is 23.7. The highest BCUT2D eigenvalue weighted by Gasteiger charge is 2.35. The summed E-state index contributed by atoms with van der Waals surface area (Å²) in [7, 11) is 1.24. The summed E-state index contributed by atoms with van der Waals surface area (Å²) in [6, 6.07) is 8.35. The molecule has 10 nitrogen and oxygen atoms in total. The summed E-state index contributed by atoms with van der Waals surface area (Å²) < 4.78 is 9.89. The molecule has 4 rings (SSSR count). The number of H-pyrrole nitrogens is 1. The van der Waals surface area contributed by atoms with Crippen LogP contribution in [0, 0.1) is 0 Å². The molecule has 0 aliphatic carbocycles. The van der Waals surface area contributed by atoms with Gasteiger partial charge in [-0.15, -0.1) is 6.58 Å². The normalized spacial score (nSPS) is 12.6. The van der Waals surface area contributed by atoms with E-state index in [-0.39, 0.29) is 52.1 Å². The van der Waals surface area contributed by atoms with Crippen LogP contribution in [0.25, 0.3) is 10.9 Å². The molecule has 0 atom stereocenters. The highest BCUT2D eigenvalue weighted by molar-refractivity contribution is 6.22. The summed E-state index contributed by atoms with van der Waals surface area (Å²) in [6.07, 6.45) is 1.43. The maximum atomic E-state index is 12.5. The summed E-state index contributed by atoms with van der Waals surface area (Å²) >= 11 is 0. The molecule has 0 spiro atoms. The van der Waals surface area contributed by atoms with E-state index in [1.807, 2.05) is 0 Å². The first-order valence-corrected chi connectivity index (χ1v) is 9.73. The summed E-state index contributed by atoms with van der Waals surface area (Å²) in [4.78, 5) is 69.0. The van der Waals surface area contributed by atoms with E-state index in [1.54, 1.807) is 0 Å². The second-order valence-electron chi connectivity index (χ2n) is 7.08. The van der Waals surface area contributed by atoms with E-state index in [2.05, 4.69) is 21.3 Å². The number of aromatic nitrogens is 2. The number of methoxy groups -OCH3 is 1. The average molecular weight is 447 g/mol. The zero-order valence-corrected chi connectivity index (χ0v) is 17.4. The Morgan fingerprint density at radius 1 is 1.03 bits per heavy atom. The van der Waals surface area contributed by atoms with Crippen LogP contribution in [-0.2, 0) is 16.1 Å². The van der Waals surface area contributed by atoms with Gasteiger partial charge in [-0.25, -0.2) is 14.6 Å². The molecule has 2 aromatic carbocycles. The smallest absolute Gasteiger partial charge is 0.338 e. The van der Waals surface area contributed by atoms with Crippen LogP contribution in [-0.4, -0.2) is 52.3 Å². The first-order chi connectivity index (χ1) is 15.8. The van der Waals surface area contributed by atoms with E-state index in [0.29, 0.717) is 0 Å². The van der Waals surface area contributed by atoms with Crippen molar-refractivity contribution in [3.8, 4) is 0 Å².